The van der Waals surface area contributed by atoms with Crippen molar-refractivity contribution < 1.29 is 9.90 Å². The van der Waals surface area contributed by atoms with Crippen LogP contribution in [0.5, 0.6) is 5.75 Å². The molecule has 0 aliphatic heterocycles. The van der Waals surface area contributed by atoms with Gasteiger partial charge in [0.2, 0.25) is 0 Å². The van der Waals surface area contributed by atoms with Gasteiger partial charge in [-0.15, -0.1) is 0 Å². The SMILES string of the molecule is CCN(CC(N)=S)C(=O)c1cc(Cl)ccc1O. The minimum Gasteiger partial charge on any atom is -0.507 e. The number of nitrogens with zero attached hydrogens (tertiary/aromatic N) is 1. The van der Waals surface area contributed by atoms with Gasteiger partial charge in [0, 0.05) is 11.6 Å². The Hall–Kier alpha value is -1.33. The van der Waals surface area contributed by atoms with Crippen LogP contribution in [-0.2, 0) is 0 Å². The molecule has 3 N–H and O–H groups in total. The molecule has 92 valence electrons. The lowest BCUT2D eigenvalue weighted by Gasteiger charge is -2.20. The lowest BCUT2D eigenvalue weighted by atomic mass is 10.1. The van der Waals surface area contributed by atoms with Crippen molar-refractivity contribution in [2.45, 2.75) is 6.92 Å². The number of rotatable bonds is 4. The molecule has 0 atom stereocenters. The number of halogens is 1. The Labute approximate surface area is 110 Å². The van der Waals surface area contributed by atoms with E-state index in [1.54, 1.807) is 6.92 Å². The number of carbonyl (C=O) groups excluding carboxylic acids is 1. The van der Waals surface area contributed by atoms with Crippen LogP contribution >= 0.6 is 23.8 Å². The van der Waals surface area contributed by atoms with Crippen molar-refractivity contribution in [2.24, 2.45) is 5.73 Å². The Morgan fingerprint density at radius 2 is 2.24 bits per heavy atom. The van der Waals surface area contributed by atoms with Gasteiger partial charge in [0.15, 0.2) is 0 Å². The Morgan fingerprint density at radius 3 is 2.76 bits per heavy atom. The smallest absolute Gasteiger partial charge is 0.258 e. The fourth-order valence-corrected chi connectivity index (χ4v) is 1.69. The third-order valence-electron chi connectivity index (χ3n) is 2.20. The minimum absolute atomic E-state index is 0.110. The quantitative estimate of drug-likeness (QED) is 0.820. The van der Waals surface area contributed by atoms with Crippen LogP contribution in [0.1, 0.15) is 17.3 Å². The number of nitrogens with two attached hydrogens (primary N) is 1. The molecule has 0 aromatic heterocycles. The molecule has 0 bridgehead atoms. The van der Waals surface area contributed by atoms with E-state index in [1.165, 1.54) is 23.1 Å². The van der Waals surface area contributed by atoms with E-state index in [1.807, 2.05) is 0 Å². The second-order valence-electron chi connectivity index (χ2n) is 3.45. The Balaban J connectivity index is 3.01. The summed E-state index contributed by atoms with van der Waals surface area (Å²) >= 11 is 10.5. The third kappa shape index (κ3) is 3.57. The molecule has 0 saturated heterocycles. The molecule has 1 aromatic rings. The van der Waals surface area contributed by atoms with Gasteiger partial charge in [0.1, 0.15) is 5.75 Å². The zero-order chi connectivity index (χ0) is 13.0. The zero-order valence-electron chi connectivity index (χ0n) is 9.31. The van der Waals surface area contributed by atoms with Gasteiger partial charge in [-0.25, -0.2) is 0 Å². The average Bonchev–Trinajstić information content (AvgIpc) is 2.28. The molecule has 0 unspecified atom stereocenters. The van der Waals surface area contributed by atoms with E-state index in [2.05, 4.69) is 0 Å². The highest BCUT2D eigenvalue weighted by Gasteiger charge is 2.18. The first kappa shape index (κ1) is 13.7. The average molecular weight is 273 g/mol. The normalized spacial score (nSPS) is 10.0. The number of hydrogen-bond donors (Lipinski definition) is 2. The van der Waals surface area contributed by atoms with Crippen molar-refractivity contribution in [3.63, 3.8) is 0 Å². The highest BCUT2D eigenvalue weighted by molar-refractivity contribution is 7.80. The lowest BCUT2D eigenvalue weighted by Crippen LogP contribution is -2.37. The van der Waals surface area contributed by atoms with E-state index in [0.29, 0.717) is 11.6 Å². The topological polar surface area (TPSA) is 66.6 Å². The van der Waals surface area contributed by atoms with Gasteiger partial charge in [-0.1, -0.05) is 23.8 Å². The second-order valence-corrected chi connectivity index (χ2v) is 4.41. The number of thiocarbonyl (C=S) groups is 1. The number of phenols is 1. The van der Waals surface area contributed by atoms with Crippen molar-refractivity contribution in [3.05, 3.63) is 28.8 Å². The maximum atomic E-state index is 12.1. The summed E-state index contributed by atoms with van der Waals surface area (Å²) in [7, 11) is 0. The van der Waals surface area contributed by atoms with E-state index in [0.717, 1.165) is 0 Å². The van der Waals surface area contributed by atoms with Crippen LogP contribution in [-0.4, -0.2) is 34.0 Å². The van der Waals surface area contributed by atoms with Gasteiger partial charge in [0.05, 0.1) is 17.1 Å². The number of phenolic OH excluding ortho intramolecular Hbond substituents is 1. The fourth-order valence-electron chi connectivity index (χ4n) is 1.37. The Kier molecular flexibility index (Phi) is 4.72. The summed E-state index contributed by atoms with van der Waals surface area (Å²) in [5, 5.41) is 10.0. The maximum absolute atomic E-state index is 12.1. The molecule has 0 fully saturated rings. The third-order valence-corrected chi connectivity index (χ3v) is 2.57. The summed E-state index contributed by atoms with van der Waals surface area (Å²) in [6.07, 6.45) is 0. The standard InChI is InChI=1S/C11H13ClN2O2S/c1-2-14(6-10(13)17)11(16)8-5-7(12)3-4-9(8)15/h3-5,15H,2,6H2,1H3,(H2,13,17). The monoisotopic (exact) mass is 272 g/mol. The zero-order valence-corrected chi connectivity index (χ0v) is 10.9. The van der Waals surface area contributed by atoms with E-state index < -0.39 is 0 Å². The molecule has 1 rings (SSSR count). The van der Waals surface area contributed by atoms with Crippen molar-refractivity contribution in [2.75, 3.05) is 13.1 Å². The molecule has 0 heterocycles. The molecule has 6 heteroatoms. The molecule has 0 saturated carbocycles. The minimum atomic E-state index is -0.347. The van der Waals surface area contributed by atoms with Gasteiger partial charge < -0.3 is 15.7 Å². The predicted octanol–water partition coefficient (Wildman–Crippen LogP) is 1.79. The van der Waals surface area contributed by atoms with E-state index in [-0.39, 0.29) is 28.8 Å². The Morgan fingerprint density at radius 1 is 1.59 bits per heavy atom. The predicted molar refractivity (Wildman–Crippen MR) is 71.5 cm³/mol. The summed E-state index contributed by atoms with van der Waals surface area (Å²) in [5.41, 5.74) is 5.55. The van der Waals surface area contributed by atoms with Crippen molar-refractivity contribution in [1.82, 2.24) is 4.90 Å². The number of likely N-dealkylation sites (N-methyl/N-ethyl adjacent to an activating group) is 1. The summed E-state index contributed by atoms with van der Waals surface area (Å²) in [6.45, 7) is 2.43. The first-order chi connectivity index (χ1) is 7.95. The molecule has 17 heavy (non-hydrogen) atoms. The van der Waals surface area contributed by atoms with Crippen molar-refractivity contribution in [3.8, 4) is 5.75 Å². The van der Waals surface area contributed by atoms with Gasteiger partial charge in [-0.05, 0) is 25.1 Å². The molecule has 0 radical (unpaired) electrons. The van der Waals surface area contributed by atoms with Gasteiger partial charge in [-0.3, -0.25) is 4.79 Å². The van der Waals surface area contributed by atoms with Crippen LogP contribution in [0, 0.1) is 0 Å². The van der Waals surface area contributed by atoms with Gasteiger partial charge >= 0.3 is 0 Å². The van der Waals surface area contributed by atoms with Crippen LogP contribution < -0.4 is 5.73 Å². The molecule has 0 spiro atoms. The largest absolute Gasteiger partial charge is 0.507 e. The number of amides is 1. The number of carbonyl (C=O) groups is 1. The van der Waals surface area contributed by atoms with E-state index in [4.69, 9.17) is 29.6 Å². The van der Waals surface area contributed by atoms with Crippen LogP contribution in [0.4, 0.5) is 0 Å². The second kappa shape index (κ2) is 5.84. The van der Waals surface area contributed by atoms with Crippen LogP contribution in [0.15, 0.2) is 18.2 Å². The van der Waals surface area contributed by atoms with E-state index >= 15 is 0 Å². The molecule has 1 amide bonds. The van der Waals surface area contributed by atoms with Crippen molar-refractivity contribution in [1.29, 1.82) is 0 Å². The maximum Gasteiger partial charge on any atom is 0.258 e. The highest BCUT2D eigenvalue weighted by Crippen LogP contribution is 2.22. The molecule has 0 aliphatic rings. The summed E-state index contributed by atoms with van der Waals surface area (Å²) in [4.78, 5) is 13.7. The summed E-state index contributed by atoms with van der Waals surface area (Å²) in [5.74, 6) is -0.457. The first-order valence-electron chi connectivity index (χ1n) is 5.01. The Bertz CT molecular complexity index is 451. The number of aromatic hydroxyl groups is 1. The highest BCUT2D eigenvalue weighted by atomic mass is 35.5. The molecular weight excluding hydrogens is 260 g/mol. The first-order valence-corrected chi connectivity index (χ1v) is 5.80. The van der Waals surface area contributed by atoms with Crippen LogP contribution in [0.25, 0.3) is 0 Å². The summed E-state index contributed by atoms with van der Waals surface area (Å²) in [6, 6.07) is 4.31. The van der Waals surface area contributed by atoms with Crippen molar-refractivity contribution >= 4 is 34.7 Å². The summed E-state index contributed by atoms with van der Waals surface area (Å²) < 4.78 is 0. The molecule has 4 nitrogen and oxygen atoms in total. The van der Waals surface area contributed by atoms with Gasteiger partial charge in [-0.2, -0.15) is 0 Å². The molecule has 0 aliphatic carbocycles. The number of benzene rings is 1. The van der Waals surface area contributed by atoms with Crippen LogP contribution in [0.3, 0.4) is 0 Å². The van der Waals surface area contributed by atoms with Gasteiger partial charge in [0.25, 0.3) is 5.91 Å². The molecule has 1 aromatic carbocycles. The lowest BCUT2D eigenvalue weighted by molar-refractivity contribution is 0.0785. The number of hydrogen-bond acceptors (Lipinski definition) is 3. The fraction of sp³-hybridized carbons (Fsp3) is 0.273. The molecular formula is C11H13ClN2O2S. The van der Waals surface area contributed by atoms with E-state index in [9.17, 15) is 9.90 Å². The van der Waals surface area contributed by atoms with Crippen LogP contribution in [0.2, 0.25) is 5.02 Å².